The van der Waals surface area contributed by atoms with E-state index >= 15 is 0 Å². The normalized spacial score (nSPS) is 21.9. The van der Waals surface area contributed by atoms with Gasteiger partial charge < -0.3 is 10.2 Å². The number of pyridine rings is 1. The minimum Gasteiger partial charge on any atom is -0.337 e. The average Bonchev–Trinajstić information content (AvgIpc) is 2.98. The number of aryl methyl sites for hydroxylation is 1. The fraction of sp³-hybridized carbons (Fsp3) is 0.600. The van der Waals surface area contributed by atoms with Gasteiger partial charge in [-0.05, 0) is 25.5 Å². The molecule has 124 valence electrons. The van der Waals surface area contributed by atoms with Gasteiger partial charge in [0.1, 0.15) is 0 Å². The molecule has 2 saturated heterocycles. The number of hydrogen-bond acceptors (Lipinski definition) is 4. The van der Waals surface area contributed by atoms with Crippen LogP contribution in [0.15, 0.2) is 18.3 Å². The third-order valence-corrected chi connectivity index (χ3v) is 4.28. The molecular formula is C15H24Cl2N4O. The molecule has 1 N–H and O–H groups in total. The molecular weight excluding hydrogens is 323 g/mol. The summed E-state index contributed by atoms with van der Waals surface area (Å²) in [6.07, 6.45) is 2.78. The molecule has 5 nitrogen and oxygen atoms in total. The topological polar surface area (TPSA) is 48.5 Å². The lowest BCUT2D eigenvalue weighted by Crippen LogP contribution is -2.49. The molecule has 1 aromatic heterocycles. The molecule has 0 spiro atoms. The van der Waals surface area contributed by atoms with Gasteiger partial charge in [-0.3, -0.25) is 14.7 Å². The van der Waals surface area contributed by atoms with E-state index < -0.39 is 0 Å². The summed E-state index contributed by atoms with van der Waals surface area (Å²) in [6.45, 7) is 7.97. The smallest absolute Gasteiger partial charge is 0.255 e. The Morgan fingerprint density at radius 1 is 1.23 bits per heavy atom. The van der Waals surface area contributed by atoms with Crippen LogP contribution in [0.2, 0.25) is 0 Å². The summed E-state index contributed by atoms with van der Waals surface area (Å²) in [4.78, 5) is 21.1. The van der Waals surface area contributed by atoms with Crippen LogP contribution in [0, 0.1) is 6.92 Å². The summed E-state index contributed by atoms with van der Waals surface area (Å²) in [7, 11) is 0. The van der Waals surface area contributed by atoms with Crippen LogP contribution in [0.3, 0.4) is 0 Å². The number of nitrogens with one attached hydrogen (secondary N) is 1. The van der Waals surface area contributed by atoms with Crippen molar-refractivity contribution in [3.8, 4) is 0 Å². The first kappa shape index (κ1) is 19.2. The molecule has 2 aliphatic heterocycles. The van der Waals surface area contributed by atoms with E-state index in [0.29, 0.717) is 11.6 Å². The Morgan fingerprint density at radius 2 is 1.95 bits per heavy atom. The monoisotopic (exact) mass is 346 g/mol. The van der Waals surface area contributed by atoms with Gasteiger partial charge in [0, 0.05) is 57.2 Å². The van der Waals surface area contributed by atoms with Crippen molar-refractivity contribution in [2.24, 2.45) is 0 Å². The Hall–Kier alpha value is -0.880. The molecule has 1 unspecified atom stereocenters. The van der Waals surface area contributed by atoms with E-state index in [4.69, 9.17) is 0 Å². The van der Waals surface area contributed by atoms with Gasteiger partial charge in [-0.15, -0.1) is 24.8 Å². The lowest BCUT2D eigenvalue weighted by atomic mass is 10.2. The maximum atomic E-state index is 12.4. The molecule has 22 heavy (non-hydrogen) atoms. The molecule has 2 fully saturated rings. The van der Waals surface area contributed by atoms with E-state index in [2.05, 4.69) is 15.2 Å². The third kappa shape index (κ3) is 4.32. The molecule has 3 rings (SSSR count). The van der Waals surface area contributed by atoms with Crippen molar-refractivity contribution in [2.45, 2.75) is 19.4 Å². The van der Waals surface area contributed by atoms with Crippen molar-refractivity contribution in [2.75, 3.05) is 39.3 Å². The second-order valence-electron chi connectivity index (χ2n) is 5.67. The highest BCUT2D eigenvalue weighted by Gasteiger charge is 2.31. The first-order valence-corrected chi connectivity index (χ1v) is 7.41. The first-order chi connectivity index (χ1) is 9.74. The zero-order chi connectivity index (χ0) is 13.9. The number of likely N-dealkylation sites (tertiary alicyclic amines) is 1. The summed E-state index contributed by atoms with van der Waals surface area (Å²) in [6, 6.07) is 4.30. The van der Waals surface area contributed by atoms with Gasteiger partial charge in [0.2, 0.25) is 0 Å². The number of carbonyl (C=O) groups excluding carboxylic acids is 1. The van der Waals surface area contributed by atoms with E-state index in [1.165, 1.54) is 0 Å². The van der Waals surface area contributed by atoms with Crippen molar-refractivity contribution in [3.05, 3.63) is 29.6 Å². The average molecular weight is 347 g/mol. The number of amides is 1. The van der Waals surface area contributed by atoms with Crippen LogP contribution in [0.25, 0.3) is 0 Å². The molecule has 0 radical (unpaired) electrons. The van der Waals surface area contributed by atoms with Crippen LogP contribution in [0.1, 0.15) is 22.5 Å². The van der Waals surface area contributed by atoms with Gasteiger partial charge in [0.25, 0.3) is 5.91 Å². The second kappa shape index (κ2) is 8.67. The predicted octanol–water partition coefficient (Wildman–Crippen LogP) is 1.35. The standard InChI is InChI=1S/C15H22N4O.2ClH/c1-12-2-3-13(10-17-12)15(20)19-7-4-14(11-19)18-8-5-16-6-9-18;;/h2-3,10,14,16H,4-9,11H2,1H3;2*1H. The minimum atomic E-state index is 0. The van der Waals surface area contributed by atoms with Crippen molar-refractivity contribution in [1.82, 2.24) is 20.1 Å². The van der Waals surface area contributed by atoms with Crippen LogP contribution in [0.5, 0.6) is 0 Å². The van der Waals surface area contributed by atoms with Gasteiger partial charge in [-0.25, -0.2) is 0 Å². The molecule has 0 saturated carbocycles. The molecule has 2 aliphatic rings. The number of nitrogens with zero attached hydrogens (tertiary/aromatic N) is 3. The maximum Gasteiger partial charge on any atom is 0.255 e. The highest BCUT2D eigenvalue weighted by Crippen LogP contribution is 2.18. The van der Waals surface area contributed by atoms with E-state index in [-0.39, 0.29) is 30.7 Å². The molecule has 0 aliphatic carbocycles. The van der Waals surface area contributed by atoms with Crippen molar-refractivity contribution in [1.29, 1.82) is 0 Å². The van der Waals surface area contributed by atoms with E-state index in [0.717, 1.165) is 51.4 Å². The number of piperazine rings is 1. The molecule has 7 heteroatoms. The number of aromatic nitrogens is 1. The summed E-state index contributed by atoms with van der Waals surface area (Å²) in [5.74, 6) is 0.120. The van der Waals surface area contributed by atoms with Gasteiger partial charge in [-0.2, -0.15) is 0 Å². The summed E-state index contributed by atoms with van der Waals surface area (Å²) in [5, 5.41) is 3.37. The van der Waals surface area contributed by atoms with Gasteiger partial charge in [0.15, 0.2) is 0 Å². The summed E-state index contributed by atoms with van der Waals surface area (Å²) >= 11 is 0. The SMILES string of the molecule is Cc1ccc(C(=O)N2CCC(N3CCNCC3)C2)cn1.Cl.Cl. The molecule has 1 aromatic rings. The summed E-state index contributed by atoms with van der Waals surface area (Å²) in [5.41, 5.74) is 1.65. The molecule has 0 bridgehead atoms. The number of hydrogen-bond donors (Lipinski definition) is 1. The Kier molecular flexibility index (Phi) is 7.56. The van der Waals surface area contributed by atoms with Crippen LogP contribution >= 0.6 is 24.8 Å². The summed E-state index contributed by atoms with van der Waals surface area (Å²) < 4.78 is 0. The second-order valence-corrected chi connectivity index (χ2v) is 5.67. The quantitative estimate of drug-likeness (QED) is 0.878. The largest absolute Gasteiger partial charge is 0.337 e. The fourth-order valence-corrected chi connectivity index (χ4v) is 3.05. The maximum absolute atomic E-state index is 12.4. The zero-order valence-electron chi connectivity index (χ0n) is 12.8. The first-order valence-electron chi connectivity index (χ1n) is 7.41. The third-order valence-electron chi connectivity index (χ3n) is 4.28. The molecule has 0 aromatic carbocycles. The van der Waals surface area contributed by atoms with Crippen LogP contribution in [-0.2, 0) is 0 Å². The number of halogens is 2. The minimum absolute atomic E-state index is 0. The van der Waals surface area contributed by atoms with Crippen LogP contribution in [0.4, 0.5) is 0 Å². The van der Waals surface area contributed by atoms with Crippen LogP contribution in [-0.4, -0.2) is 66.0 Å². The van der Waals surface area contributed by atoms with Gasteiger partial charge in [0.05, 0.1) is 5.56 Å². The Morgan fingerprint density at radius 3 is 2.59 bits per heavy atom. The highest BCUT2D eigenvalue weighted by molar-refractivity contribution is 5.94. The Bertz CT molecular complexity index is 477. The van der Waals surface area contributed by atoms with Crippen molar-refractivity contribution >= 4 is 30.7 Å². The van der Waals surface area contributed by atoms with Crippen molar-refractivity contribution < 1.29 is 4.79 Å². The fourth-order valence-electron chi connectivity index (χ4n) is 3.05. The number of carbonyl (C=O) groups is 1. The lowest BCUT2D eigenvalue weighted by Gasteiger charge is -2.32. The Labute approximate surface area is 144 Å². The lowest BCUT2D eigenvalue weighted by molar-refractivity contribution is 0.0773. The molecule has 3 heterocycles. The van der Waals surface area contributed by atoms with E-state index in [9.17, 15) is 4.79 Å². The zero-order valence-corrected chi connectivity index (χ0v) is 14.5. The predicted molar refractivity (Wildman–Crippen MR) is 92.2 cm³/mol. The molecule has 1 atom stereocenters. The Balaban J connectivity index is 0.00000121. The van der Waals surface area contributed by atoms with Crippen LogP contribution < -0.4 is 5.32 Å². The van der Waals surface area contributed by atoms with Gasteiger partial charge >= 0.3 is 0 Å². The molecule has 1 amide bonds. The highest BCUT2D eigenvalue weighted by atomic mass is 35.5. The van der Waals surface area contributed by atoms with Crippen molar-refractivity contribution in [3.63, 3.8) is 0 Å². The number of rotatable bonds is 2. The van der Waals surface area contributed by atoms with E-state index in [1.54, 1.807) is 6.20 Å². The van der Waals surface area contributed by atoms with E-state index in [1.807, 2.05) is 24.0 Å². The van der Waals surface area contributed by atoms with Gasteiger partial charge in [-0.1, -0.05) is 0 Å².